The summed E-state index contributed by atoms with van der Waals surface area (Å²) in [7, 11) is 0. The summed E-state index contributed by atoms with van der Waals surface area (Å²) in [5.74, 6) is -0.646. The number of amides is 1. The topological polar surface area (TPSA) is 118 Å². The number of anilines is 1. The second-order valence-electron chi connectivity index (χ2n) is 6.40. The normalized spacial score (nSPS) is 10.4. The van der Waals surface area contributed by atoms with Crippen LogP contribution in [0.3, 0.4) is 0 Å². The SMILES string of the molecule is CCn1cc(NC(=O)CCc2onc(-c3ccc(O)cc3)c2C)c(C(=O)O)c1.[KH]. The van der Waals surface area contributed by atoms with Gasteiger partial charge in [0.15, 0.2) is 0 Å². The van der Waals surface area contributed by atoms with E-state index in [1.165, 1.54) is 6.20 Å². The van der Waals surface area contributed by atoms with Crippen molar-refractivity contribution in [1.82, 2.24) is 9.72 Å². The van der Waals surface area contributed by atoms with Gasteiger partial charge in [-0.3, -0.25) is 4.79 Å². The van der Waals surface area contributed by atoms with Gasteiger partial charge in [-0.15, -0.1) is 0 Å². The Kier molecular flexibility index (Phi) is 8.23. The van der Waals surface area contributed by atoms with Crippen molar-refractivity contribution < 1.29 is 24.3 Å². The number of nitrogens with one attached hydrogen (secondary N) is 1. The number of carbonyl (C=O) groups is 2. The van der Waals surface area contributed by atoms with E-state index in [0.29, 0.717) is 24.4 Å². The molecule has 2 aromatic heterocycles. The van der Waals surface area contributed by atoms with Gasteiger partial charge in [0.25, 0.3) is 0 Å². The van der Waals surface area contributed by atoms with Crippen LogP contribution in [0, 0.1) is 6.92 Å². The number of carboxylic acid groups (broad SMARTS) is 1. The molecule has 2 heterocycles. The summed E-state index contributed by atoms with van der Waals surface area (Å²) >= 11 is 0. The number of nitrogens with zero attached hydrogens (tertiary/aromatic N) is 2. The maximum atomic E-state index is 12.3. The summed E-state index contributed by atoms with van der Waals surface area (Å²) in [5, 5.41) is 25.4. The molecule has 9 heteroatoms. The average Bonchev–Trinajstić information content (AvgIpc) is 3.24. The minimum atomic E-state index is -1.09. The van der Waals surface area contributed by atoms with Crippen molar-refractivity contribution >= 4 is 68.9 Å². The Morgan fingerprint density at radius 2 is 1.90 bits per heavy atom. The third-order valence-corrected chi connectivity index (χ3v) is 4.49. The third kappa shape index (κ3) is 5.58. The number of carbonyl (C=O) groups excluding carboxylic acids is 1. The van der Waals surface area contributed by atoms with Crippen LogP contribution >= 0.6 is 0 Å². The van der Waals surface area contributed by atoms with Gasteiger partial charge in [-0.2, -0.15) is 0 Å². The molecule has 1 aromatic carbocycles. The Hall–Kier alpha value is -1.91. The fraction of sp³-hybridized carbons (Fsp3) is 0.250. The van der Waals surface area contributed by atoms with Crippen LogP contribution in [0.25, 0.3) is 11.3 Å². The van der Waals surface area contributed by atoms with E-state index in [1.807, 2.05) is 13.8 Å². The van der Waals surface area contributed by atoms with Gasteiger partial charge >= 0.3 is 57.4 Å². The predicted molar refractivity (Wildman–Crippen MR) is 110 cm³/mol. The van der Waals surface area contributed by atoms with Gasteiger partial charge in [0.2, 0.25) is 5.91 Å². The Labute approximate surface area is 210 Å². The molecule has 3 aromatic rings. The molecule has 0 fully saturated rings. The zero-order valence-corrected chi connectivity index (χ0v) is 15.6. The Bertz CT molecular complexity index is 1010. The molecular weight excluding hydrogens is 401 g/mol. The molecule has 3 rings (SSSR count). The number of aromatic nitrogens is 2. The van der Waals surface area contributed by atoms with Crippen LogP contribution < -0.4 is 5.32 Å². The molecule has 148 valence electrons. The van der Waals surface area contributed by atoms with Gasteiger partial charge in [0, 0.05) is 42.9 Å². The van der Waals surface area contributed by atoms with Gasteiger partial charge < -0.3 is 24.6 Å². The molecule has 1 amide bonds. The van der Waals surface area contributed by atoms with E-state index in [9.17, 15) is 19.8 Å². The average molecular weight is 424 g/mol. The number of phenolic OH excluding ortho intramolecular Hbond substituents is 1. The minimum absolute atomic E-state index is 0. The zero-order chi connectivity index (χ0) is 20.3. The maximum absolute atomic E-state index is 12.3. The van der Waals surface area contributed by atoms with Crippen LogP contribution in [0.2, 0.25) is 0 Å². The third-order valence-electron chi connectivity index (χ3n) is 4.49. The van der Waals surface area contributed by atoms with E-state index in [-0.39, 0.29) is 80.7 Å². The molecule has 0 saturated heterocycles. The summed E-state index contributed by atoms with van der Waals surface area (Å²) in [5.41, 5.74) is 2.62. The van der Waals surface area contributed by atoms with Crippen LogP contribution in [-0.4, -0.2) is 83.2 Å². The number of aryl methyl sites for hydroxylation is 2. The molecule has 0 aliphatic heterocycles. The van der Waals surface area contributed by atoms with Gasteiger partial charge in [0.05, 0.1) is 5.69 Å². The zero-order valence-electron chi connectivity index (χ0n) is 15.6. The van der Waals surface area contributed by atoms with Crippen molar-refractivity contribution in [2.24, 2.45) is 0 Å². The van der Waals surface area contributed by atoms with Crippen LogP contribution in [0.15, 0.2) is 41.2 Å². The molecule has 29 heavy (non-hydrogen) atoms. The Morgan fingerprint density at radius 3 is 2.52 bits per heavy atom. The van der Waals surface area contributed by atoms with Crippen molar-refractivity contribution in [1.29, 1.82) is 0 Å². The first-order chi connectivity index (χ1) is 13.4. The first-order valence-corrected chi connectivity index (χ1v) is 8.86. The van der Waals surface area contributed by atoms with Gasteiger partial charge in [-0.05, 0) is 38.1 Å². The molecule has 0 spiro atoms. The molecule has 8 nitrogen and oxygen atoms in total. The molecule has 0 atom stereocenters. The van der Waals surface area contributed by atoms with Crippen molar-refractivity contribution in [3.8, 4) is 17.0 Å². The Morgan fingerprint density at radius 1 is 1.21 bits per heavy atom. The molecule has 0 saturated carbocycles. The van der Waals surface area contributed by atoms with E-state index in [1.54, 1.807) is 35.0 Å². The van der Waals surface area contributed by atoms with Crippen LogP contribution in [-0.2, 0) is 17.8 Å². The summed E-state index contributed by atoms with van der Waals surface area (Å²) in [6, 6.07) is 6.61. The molecule has 0 radical (unpaired) electrons. The summed E-state index contributed by atoms with van der Waals surface area (Å²) in [6.45, 7) is 4.35. The molecule has 3 N–H and O–H groups in total. The van der Waals surface area contributed by atoms with E-state index in [2.05, 4.69) is 10.5 Å². The van der Waals surface area contributed by atoms with Crippen LogP contribution in [0.4, 0.5) is 5.69 Å². The summed E-state index contributed by atoms with van der Waals surface area (Å²) in [4.78, 5) is 23.6. The van der Waals surface area contributed by atoms with E-state index in [4.69, 9.17) is 4.52 Å². The monoisotopic (exact) mass is 423 g/mol. The molecule has 0 bridgehead atoms. The van der Waals surface area contributed by atoms with Crippen molar-refractivity contribution in [2.75, 3.05) is 5.32 Å². The van der Waals surface area contributed by atoms with E-state index in [0.717, 1.165) is 11.1 Å². The molecular formula is C20H22KN3O5. The summed E-state index contributed by atoms with van der Waals surface area (Å²) in [6.07, 6.45) is 3.55. The summed E-state index contributed by atoms with van der Waals surface area (Å²) < 4.78 is 7.07. The van der Waals surface area contributed by atoms with Gasteiger partial charge in [0.1, 0.15) is 22.8 Å². The fourth-order valence-corrected chi connectivity index (χ4v) is 2.89. The number of rotatable bonds is 7. The quantitative estimate of drug-likeness (QED) is 0.503. The molecule has 0 aliphatic carbocycles. The van der Waals surface area contributed by atoms with E-state index >= 15 is 0 Å². The Balaban J connectivity index is 0.00000300. The second kappa shape index (κ2) is 10.2. The molecule has 0 unspecified atom stereocenters. The first kappa shape index (κ1) is 23.4. The van der Waals surface area contributed by atoms with Crippen molar-refractivity contribution in [2.45, 2.75) is 33.2 Å². The standard InChI is InChI=1S/C20H21N3O5.K.H/c1-3-23-10-15(20(26)27)16(11-23)21-18(25)9-8-17-12(2)19(22-28-17)13-4-6-14(24)7-5-13;;/h4-7,10-11,24H,3,8-9H2,1-2H3,(H,21,25)(H,26,27);;. The van der Waals surface area contributed by atoms with Gasteiger partial charge in [-0.25, -0.2) is 4.79 Å². The number of phenols is 1. The number of hydrogen-bond acceptors (Lipinski definition) is 5. The number of hydrogen-bond donors (Lipinski definition) is 3. The number of aromatic carboxylic acids is 1. The second-order valence-corrected chi connectivity index (χ2v) is 6.40. The number of carboxylic acids is 1. The number of benzene rings is 1. The van der Waals surface area contributed by atoms with Crippen molar-refractivity contribution in [3.05, 3.63) is 53.5 Å². The van der Waals surface area contributed by atoms with Crippen molar-refractivity contribution in [3.63, 3.8) is 0 Å². The predicted octanol–water partition coefficient (Wildman–Crippen LogP) is 2.80. The van der Waals surface area contributed by atoms with Crippen LogP contribution in [0.5, 0.6) is 5.75 Å². The molecule has 0 aliphatic rings. The van der Waals surface area contributed by atoms with E-state index < -0.39 is 5.97 Å². The number of aromatic hydroxyl groups is 1. The van der Waals surface area contributed by atoms with Gasteiger partial charge in [-0.1, -0.05) is 5.16 Å². The van der Waals surface area contributed by atoms with Crippen LogP contribution in [0.1, 0.15) is 35.0 Å². The fourth-order valence-electron chi connectivity index (χ4n) is 2.89. The first-order valence-electron chi connectivity index (χ1n) is 8.86.